The van der Waals surface area contributed by atoms with Crippen molar-refractivity contribution in [2.45, 2.75) is 6.54 Å². The van der Waals surface area contributed by atoms with E-state index in [2.05, 4.69) is 15.5 Å². The van der Waals surface area contributed by atoms with Crippen LogP contribution in [0.25, 0.3) is 10.9 Å². The van der Waals surface area contributed by atoms with Gasteiger partial charge in [0.25, 0.3) is 5.91 Å². The lowest BCUT2D eigenvalue weighted by Crippen LogP contribution is -2.28. The monoisotopic (exact) mass is 343 g/mol. The van der Waals surface area contributed by atoms with Crippen LogP contribution in [-0.2, 0) is 16.1 Å². The molecule has 3 aromatic rings. The van der Waals surface area contributed by atoms with Gasteiger partial charge in [0.2, 0.25) is 0 Å². The smallest absolute Gasteiger partial charge is 0.359 e. The number of H-pyrrole nitrogens is 1. The van der Waals surface area contributed by atoms with Crippen molar-refractivity contribution < 1.29 is 14.3 Å². The second kappa shape index (κ2) is 7.14. The van der Waals surface area contributed by atoms with Crippen LogP contribution in [0.4, 0.5) is 0 Å². The van der Waals surface area contributed by atoms with E-state index in [9.17, 15) is 9.59 Å². The van der Waals surface area contributed by atoms with Crippen molar-refractivity contribution in [1.29, 1.82) is 0 Å². The van der Waals surface area contributed by atoms with Gasteiger partial charge in [-0.15, -0.1) is 0 Å². The molecule has 1 heterocycles. The van der Waals surface area contributed by atoms with Gasteiger partial charge in [-0.1, -0.05) is 41.9 Å². The first-order chi connectivity index (χ1) is 11.6. The topological polar surface area (TPSA) is 84.1 Å². The third kappa shape index (κ3) is 3.72. The van der Waals surface area contributed by atoms with E-state index >= 15 is 0 Å². The molecule has 7 heteroatoms. The van der Waals surface area contributed by atoms with Crippen LogP contribution in [0, 0.1) is 0 Å². The molecule has 3 rings (SSSR count). The predicted octanol–water partition coefficient (Wildman–Crippen LogP) is 2.69. The highest BCUT2D eigenvalue weighted by atomic mass is 35.5. The fourth-order valence-corrected chi connectivity index (χ4v) is 2.43. The number of nitrogens with one attached hydrogen (secondary N) is 2. The zero-order valence-corrected chi connectivity index (χ0v) is 13.3. The highest BCUT2D eigenvalue weighted by Gasteiger charge is 2.16. The van der Waals surface area contributed by atoms with E-state index in [0.29, 0.717) is 17.0 Å². The molecule has 0 saturated heterocycles. The second-order valence-corrected chi connectivity index (χ2v) is 5.54. The minimum atomic E-state index is -0.648. The summed E-state index contributed by atoms with van der Waals surface area (Å²) in [4.78, 5) is 23.8. The third-order valence-corrected chi connectivity index (χ3v) is 3.61. The largest absolute Gasteiger partial charge is 0.451 e. The number of para-hydroxylation sites is 1. The van der Waals surface area contributed by atoms with Crippen molar-refractivity contribution in [3.63, 3.8) is 0 Å². The number of carbonyl (C=O) groups excluding carboxylic acids is 2. The molecule has 2 aromatic carbocycles. The number of fused-ring (bicyclic) bond motifs is 1. The lowest BCUT2D eigenvalue weighted by molar-refractivity contribution is -0.124. The lowest BCUT2D eigenvalue weighted by Gasteiger charge is -2.06. The van der Waals surface area contributed by atoms with Crippen LogP contribution in [0.2, 0.25) is 5.02 Å². The molecule has 0 radical (unpaired) electrons. The summed E-state index contributed by atoms with van der Waals surface area (Å²) in [6.45, 7) is -0.0666. The van der Waals surface area contributed by atoms with Crippen LogP contribution in [-0.4, -0.2) is 28.7 Å². The minimum absolute atomic E-state index is 0.160. The summed E-state index contributed by atoms with van der Waals surface area (Å²) in [6, 6.07) is 14.3. The van der Waals surface area contributed by atoms with E-state index in [4.69, 9.17) is 16.3 Å². The molecule has 0 saturated carbocycles. The fraction of sp³-hybridized carbons (Fsp3) is 0.118. The Morgan fingerprint density at radius 2 is 2.00 bits per heavy atom. The minimum Gasteiger partial charge on any atom is -0.451 e. The van der Waals surface area contributed by atoms with Gasteiger partial charge in [-0.05, 0) is 23.8 Å². The summed E-state index contributed by atoms with van der Waals surface area (Å²) in [5.41, 5.74) is 1.75. The molecule has 0 atom stereocenters. The van der Waals surface area contributed by atoms with E-state index in [0.717, 1.165) is 11.1 Å². The zero-order chi connectivity index (χ0) is 16.9. The molecule has 0 aliphatic rings. The standard InChI is InChI=1S/C17H14ClN3O3/c18-12-5-3-4-11(8-12)9-19-15(22)10-24-17(23)16-13-6-1-2-7-14(13)20-21-16/h1-8H,9-10H2,(H,19,22)(H,20,21). The molecule has 1 amide bonds. The number of hydrogen-bond donors (Lipinski definition) is 2. The van der Waals surface area contributed by atoms with Gasteiger partial charge in [-0.2, -0.15) is 5.10 Å². The van der Waals surface area contributed by atoms with Crippen LogP contribution in [0.1, 0.15) is 16.1 Å². The Hall–Kier alpha value is -2.86. The summed E-state index contributed by atoms with van der Waals surface area (Å²) in [7, 11) is 0. The summed E-state index contributed by atoms with van der Waals surface area (Å²) >= 11 is 5.88. The Bertz CT molecular complexity index is 891. The molecule has 2 N–H and O–H groups in total. The molecule has 0 bridgehead atoms. The number of aromatic amines is 1. The van der Waals surface area contributed by atoms with Gasteiger partial charge in [0, 0.05) is 17.0 Å². The molecule has 0 aliphatic carbocycles. The van der Waals surface area contributed by atoms with Crippen molar-refractivity contribution in [3.05, 3.63) is 64.8 Å². The summed E-state index contributed by atoms with van der Waals surface area (Å²) in [6.07, 6.45) is 0. The number of halogens is 1. The Kier molecular flexibility index (Phi) is 4.77. The highest BCUT2D eigenvalue weighted by molar-refractivity contribution is 6.30. The number of benzene rings is 2. The number of aromatic nitrogens is 2. The van der Waals surface area contributed by atoms with Crippen LogP contribution in [0.3, 0.4) is 0 Å². The molecule has 6 nitrogen and oxygen atoms in total. The Morgan fingerprint density at radius 3 is 2.83 bits per heavy atom. The number of rotatable bonds is 5. The molecule has 0 unspecified atom stereocenters. The van der Waals surface area contributed by atoms with Gasteiger partial charge in [-0.25, -0.2) is 4.79 Å². The average Bonchev–Trinajstić information content (AvgIpc) is 3.02. The Morgan fingerprint density at radius 1 is 1.17 bits per heavy atom. The number of nitrogens with zero attached hydrogens (tertiary/aromatic N) is 1. The first-order valence-electron chi connectivity index (χ1n) is 7.25. The lowest BCUT2D eigenvalue weighted by atomic mass is 10.2. The van der Waals surface area contributed by atoms with Crippen molar-refractivity contribution in [2.24, 2.45) is 0 Å². The van der Waals surface area contributed by atoms with E-state index in [1.54, 1.807) is 36.4 Å². The predicted molar refractivity (Wildman–Crippen MR) is 89.7 cm³/mol. The highest BCUT2D eigenvalue weighted by Crippen LogP contribution is 2.15. The molecule has 122 valence electrons. The van der Waals surface area contributed by atoms with Crippen molar-refractivity contribution in [3.8, 4) is 0 Å². The summed E-state index contributed by atoms with van der Waals surface area (Å²) in [5, 5.41) is 10.6. The van der Waals surface area contributed by atoms with E-state index in [-0.39, 0.29) is 12.3 Å². The van der Waals surface area contributed by atoms with Gasteiger partial charge in [0.15, 0.2) is 12.3 Å². The van der Waals surface area contributed by atoms with Gasteiger partial charge < -0.3 is 10.1 Å². The number of esters is 1. The maximum Gasteiger partial charge on any atom is 0.359 e. The second-order valence-electron chi connectivity index (χ2n) is 5.10. The molecule has 0 fully saturated rings. The normalized spacial score (nSPS) is 10.5. The van der Waals surface area contributed by atoms with Crippen LogP contribution in [0.15, 0.2) is 48.5 Å². The molecule has 1 aromatic heterocycles. The number of hydrogen-bond acceptors (Lipinski definition) is 4. The van der Waals surface area contributed by atoms with Gasteiger partial charge in [-0.3, -0.25) is 9.89 Å². The Labute approximate surface area is 142 Å². The zero-order valence-electron chi connectivity index (χ0n) is 12.6. The maximum atomic E-state index is 12.0. The van der Waals surface area contributed by atoms with Gasteiger partial charge in [0.1, 0.15) is 0 Å². The molecule has 0 spiro atoms. The number of carbonyl (C=O) groups is 2. The van der Waals surface area contributed by atoms with Gasteiger partial charge in [0.05, 0.1) is 5.52 Å². The maximum absolute atomic E-state index is 12.0. The summed E-state index contributed by atoms with van der Waals surface area (Å²) in [5.74, 6) is -1.05. The SMILES string of the molecule is O=C(COC(=O)c1n[nH]c2ccccc12)NCc1cccc(Cl)c1. The molecular weight excluding hydrogens is 330 g/mol. The fourth-order valence-electron chi connectivity index (χ4n) is 2.22. The van der Waals surface area contributed by atoms with Gasteiger partial charge >= 0.3 is 5.97 Å². The third-order valence-electron chi connectivity index (χ3n) is 3.38. The van der Waals surface area contributed by atoms with Crippen LogP contribution < -0.4 is 5.32 Å². The molecular formula is C17H14ClN3O3. The first kappa shape index (κ1) is 16.0. The number of ether oxygens (including phenoxy) is 1. The quantitative estimate of drug-likeness (QED) is 0.698. The number of amides is 1. The van der Waals surface area contributed by atoms with Crippen LogP contribution >= 0.6 is 11.6 Å². The Balaban J connectivity index is 1.53. The molecule has 0 aliphatic heterocycles. The van der Waals surface area contributed by atoms with Crippen molar-refractivity contribution in [1.82, 2.24) is 15.5 Å². The van der Waals surface area contributed by atoms with E-state index < -0.39 is 11.9 Å². The van der Waals surface area contributed by atoms with Crippen LogP contribution in [0.5, 0.6) is 0 Å². The summed E-state index contributed by atoms with van der Waals surface area (Å²) < 4.78 is 5.01. The average molecular weight is 344 g/mol. The van der Waals surface area contributed by atoms with Crippen molar-refractivity contribution >= 4 is 34.4 Å². The van der Waals surface area contributed by atoms with E-state index in [1.165, 1.54) is 0 Å². The first-order valence-corrected chi connectivity index (χ1v) is 7.62. The van der Waals surface area contributed by atoms with Crippen molar-refractivity contribution in [2.75, 3.05) is 6.61 Å². The molecule has 24 heavy (non-hydrogen) atoms. The van der Waals surface area contributed by atoms with E-state index in [1.807, 2.05) is 12.1 Å².